The number of rotatable bonds is 8. The molecule has 2 aromatic carbocycles. The van der Waals surface area contributed by atoms with Crippen molar-refractivity contribution >= 4 is 28.9 Å². The van der Waals surface area contributed by atoms with Gasteiger partial charge in [0.1, 0.15) is 18.0 Å². The van der Waals surface area contributed by atoms with Crippen LogP contribution in [0, 0.1) is 0 Å². The maximum Gasteiger partial charge on any atom is 0.410 e. The Morgan fingerprint density at radius 1 is 1.18 bits per heavy atom. The third-order valence-electron chi connectivity index (χ3n) is 6.75. The maximum atomic E-state index is 13.8. The topological polar surface area (TPSA) is 107 Å². The summed E-state index contributed by atoms with van der Waals surface area (Å²) >= 11 is 0. The number of carbonyl (C=O) groups excluding carboxylic acids is 3. The zero-order valence-corrected chi connectivity index (χ0v) is 23.4. The third-order valence-corrected chi connectivity index (χ3v) is 6.75. The zero-order chi connectivity index (χ0) is 28.2. The second-order valence-electron chi connectivity index (χ2n) is 10.9. The molecule has 1 aliphatic heterocycles. The number of ether oxygens (including phenoxy) is 4. The van der Waals surface area contributed by atoms with Gasteiger partial charge in [0.25, 0.3) is 5.91 Å². The number of nitrogens with one attached hydrogen (secondary N) is 1. The van der Waals surface area contributed by atoms with Gasteiger partial charge in [0, 0.05) is 18.0 Å². The quantitative estimate of drug-likeness (QED) is 0.498. The third kappa shape index (κ3) is 7.32. The van der Waals surface area contributed by atoms with Crippen molar-refractivity contribution in [2.24, 2.45) is 0 Å². The number of nitrogens with zero attached hydrogens (tertiary/aromatic N) is 2. The highest BCUT2D eigenvalue weighted by Gasteiger charge is 2.42. The molecule has 2 aliphatic rings. The first-order valence-corrected chi connectivity index (χ1v) is 13.5. The normalized spacial score (nSPS) is 18.3. The van der Waals surface area contributed by atoms with E-state index in [1.165, 1.54) is 7.11 Å². The first-order chi connectivity index (χ1) is 18.6. The van der Waals surface area contributed by atoms with Crippen LogP contribution in [0.25, 0.3) is 10.8 Å². The number of hydrogen-bond donors (Lipinski definition) is 1. The van der Waals surface area contributed by atoms with E-state index in [1.807, 2.05) is 62.9 Å². The van der Waals surface area contributed by atoms with Gasteiger partial charge in [-0.25, -0.2) is 9.59 Å². The fraction of sp³-hybridized carbons (Fsp3) is 0.552. The highest BCUT2D eigenvalue weighted by molar-refractivity contribution is 5.89. The minimum absolute atomic E-state index is 0.119. The molecule has 1 aliphatic carbocycles. The highest BCUT2D eigenvalue weighted by Crippen LogP contribution is 2.38. The average Bonchev–Trinajstić information content (AvgIpc) is 3.75. The van der Waals surface area contributed by atoms with Gasteiger partial charge in [-0.1, -0.05) is 24.3 Å². The first-order valence-electron chi connectivity index (χ1n) is 13.5. The molecule has 3 amide bonds. The average molecular weight is 542 g/mol. The Kier molecular flexibility index (Phi) is 8.84. The second-order valence-corrected chi connectivity index (χ2v) is 10.9. The second kappa shape index (κ2) is 12.1. The Labute approximate surface area is 229 Å². The Bertz CT molecular complexity index is 1190. The summed E-state index contributed by atoms with van der Waals surface area (Å²) in [5, 5.41) is 4.55. The summed E-state index contributed by atoms with van der Waals surface area (Å²) in [7, 11) is 1.31. The van der Waals surface area contributed by atoms with Gasteiger partial charge >= 0.3 is 12.2 Å². The number of methoxy groups -OCH3 is 1. The van der Waals surface area contributed by atoms with Crippen molar-refractivity contribution in [3.05, 3.63) is 42.0 Å². The van der Waals surface area contributed by atoms with E-state index >= 15 is 0 Å². The minimum atomic E-state index is -0.755. The Morgan fingerprint density at radius 3 is 2.62 bits per heavy atom. The molecule has 1 saturated carbocycles. The number of fused-ring (bicyclic) bond motifs is 1. The van der Waals surface area contributed by atoms with Crippen LogP contribution >= 0.6 is 0 Å². The van der Waals surface area contributed by atoms with Crippen LogP contribution in [-0.2, 0) is 19.0 Å². The SMILES string of the molecule is COC(=O)NCCOc1cc(C(C)N(C(=O)[C@H]2CN(C(=O)OC(C)(C)C)CCO2)C2CC2)cc2ccccc12. The molecule has 10 heteroatoms. The van der Waals surface area contributed by atoms with Gasteiger partial charge in [-0.05, 0) is 63.6 Å². The van der Waals surface area contributed by atoms with Crippen LogP contribution in [0.15, 0.2) is 36.4 Å². The van der Waals surface area contributed by atoms with E-state index < -0.39 is 23.9 Å². The number of benzene rings is 2. The predicted octanol–water partition coefficient (Wildman–Crippen LogP) is 4.26. The van der Waals surface area contributed by atoms with E-state index in [9.17, 15) is 14.4 Å². The molecule has 0 radical (unpaired) electrons. The lowest BCUT2D eigenvalue weighted by Gasteiger charge is -2.38. The lowest BCUT2D eigenvalue weighted by atomic mass is 10.00. The molecular formula is C29H39N3O7. The molecule has 2 fully saturated rings. The minimum Gasteiger partial charge on any atom is -0.491 e. The van der Waals surface area contributed by atoms with Gasteiger partial charge in [-0.2, -0.15) is 0 Å². The molecule has 2 atom stereocenters. The monoisotopic (exact) mass is 541 g/mol. The molecule has 0 bridgehead atoms. The van der Waals surface area contributed by atoms with Crippen LogP contribution in [0.1, 0.15) is 52.1 Å². The van der Waals surface area contributed by atoms with Crippen molar-refractivity contribution in [2.45, 2.75) is 64.3 Å². The number of alkyl carbamates (subject to hydrolysis) is 1. The van der Waals surface area contributed by atoms with Crippen LogP contribution < -0.4 is 10.1 Å². The van der Waals surface area contributed by atoms with E-state index in [4.69, 9.17) is 14.2 Å². The lowest BCUT2D eigenvalue weighted by molar-refractivity contribution is -0.151. The summed E-state index contributed by atoms with van der Waals surface area (Å²) in [5.41, 5.74) is 0.319. The summed E-state index contributed by atoms with van der Waals surface area (Å²) < 4.78 is 22.1. The molecule has 1 unspecified atom stereocenters. The molecule has 0 spiro atoms. The smallest absolute Gasteiger partial charge is 0.410 e. The summed E-state index contributed by atoms with van der Waals surface area (Å²) in [6.45, 7) is 8.84. The van der Waals surface area contributed by atoms with E-state index in [-0.39, 0.29) is 37.7 Å². The highest BCUT2D eigenvalue weighted by atomic mass is 16.6. The van der Waals surface area contributed by atoms with Gasteiger partial charge in [0.05, 0.1) is 32.8 Å². The number of carbonyl (C=O) groups is 3. The van der Waals surface area contributed by atoms with E-state index in [0.717, 1.165) is 29.2 Å². The summed E-state index contributed by atoms with van der Waals surface area (Å²) in [6, 6.07) is 11.8. The number of amides is 3. The van der Waals surface area contributed by atoms with Crippen molar-refractivity contribution in [3.63, 3.8) is 0 Å². The van der Waals surface area contributed by atoms with Crippen molar-refractivity contribution in [3.8, 4) is 5.75 Å². The summed E-state index contributed by atoms with van der Waals surface area (Å²) in [6.07, 6.45) is 0.144. The van der Waals surface area contributed by atoms with E-state index in [0.29, 0.717) is 18.8 Å². The van der Waals surface area contributed by atoms with Gasteiger partial charge < -0.3 is 34.1 Å². The number of morpholine rings is 1. The Hall–Kier alpha value is -3.53. The first kappa shape index (κ1) is 28.5. The number of hydrogen-bond acceptors (Lipinski definition) is 7. The Morgan fingerprint density at radius 2 is 1.92 bits per heavy atom. The summed E-state index contributed by atoms with van der Waals surface area (Å²) in [4.78, 5) is 41.3. The molecule has 4 rings (SSSR count). The Balaban J connectivity index is 1.52. The van der Waals surface area contributed by atoms with Crippen LogP contribution in [0.4, 0.5) is 9.59 Å². The molecule has 1 saturated heterocycles. The fourth-order valence-electron chi connectivity index (χ4n) is 4.70. The predicted molar refractivity (Wildman–Crippen MR) is 146 cm³/mol. The van der Waals surface area contributed by atoms with Crippen molar-refractivity contribution in [2.75, 3.05) is 40.0 Å². The molecule has 39 heavy (non-hydrogen) atoms. The largest absolute Gasteiger partial charge is 0.491 e. The van der Waals surface area contributed by atoms with Crippen molar-refractivity contribution in [1.82, 2.24) is 15.1 Å². The van der Waals surface area contributed by atoms with E-state index in [1.54, 1.807) is 4.90 Å². The summed E-state index contributed by atoms with van der Waals surface area (Å²) in [5.74, 6) is 0.547. The van der Waals surface area contributed by atoms with Gasteiger partial charge in [-0.15, -0.1) is 0 Å². The molecule has 10 nitrogen and oxygen atoms in total. The zero-order valence-electron chi connectivity index (χ0n) is 23.4. The van der Waals surface area contributed by atoms with Gasteiger partial charge in [-0.3, -0.25) is 4.79 Å². The molecule has 0 aromatic heterocycles. The van der Waals surface area contributed by atoms with Gasteiger partial charge in [0.15, 0.2) is 6.10 Å². The van der Waals surface area contributed by atoms with Crippen LogP contribution in [-0.4, -0.2) is 85.6 Å². The van der Waals surface area contributed by atoms with Crippen LogP contribution in [0.3, 0.4) is 0 Å². The standard InChI is InChI=1S/C29H39N3O7/c1-19(21-16-20-8-6-7-9-23(20)24(17-21)37-14-12-30-27(34)36-5)32(22-10-11-22)26(33)25-18-31(13-15-38-25)28(35)39-29(2,3)4/h6-9,16-17,19,22,25H,10-15,18H2,1-5H3,(H,30,34)/t19?,25-/m1/s1. The van der Waals surface area contributed by atoms with Crippen LogP contribution in [0.5, 0.6) is 5.75 Å². The molecule has 1 heterocycles. The van der Waals surface area contributed by atoms with E-state index in [2.05, 4.69) is 16.1 Å². The molecule has 2 aromatic rings. The van der Waals surface area contributed by atoms with Crippen molar-refractivity contribution < 1.29 is 33.3 Å². The fourth-order valence-corrected chi connectivity index (χ4v) is 4.70. The molecule has 212 valence electrons. The van der Waals surface area contributed by atoms with Crippen LogP contribution in [0.2, 0.25) is 0 Å². The molecular weight excluding hydrogens is 502 g/mol. The van der Waals surface area contributed by atoms with Gasteiger partial charge in [0.2, 0.25) is 0 Å². The van der Waals surface area contributed by atoms with Crippen molar-refractivity contribution in [1.29, 1.82) is 0 Å². The molecule has 1 N–H and O–H groups in total. The lowest BCUT2D eigenvalue weighted by Crippen LogP contribution is -2.54. The maximum absolute atomic E-state index is 13.8.